The fraction of sp³-hybridized carbons (Fsp3) is 0.500. The minimum absolute atomic E-state index is 0.168. The maximum atomic E-state index is 13.3. The van der Waals surface area contributed by atoms with Gasteiger partial charge in [-0.05, 0) is 37.9 Å². The third kappa shape index (κ3) is 3.99. The van der Waals surface area contributed by atoms with Crippen LogP contribution in [0.15, 0.2) is 18.2 Å². The summed E-state index contributed by atoms with van der Waals surface area (Å²) in [6.45, 7) is 1.56. The molecule has 1 fully saturated rings. The van der Waals surface area contributed by atoms with Crippen molar-refractivity contribution >= 4 is 5.91 Å². The molecule has 0 saturated carbocycles. The molecular formula is C14H18F2N2O. The van der Waals surface area contributed by atoms with Gasteiger partial charge in [0.1, 0.15) is 11.6 Å². The van der Waals surface area contributed by atoms with Crippen molar-refractivity contribution in [3.05, 3.63) is 35.4 Å². The fourth-order valence-corrected chi connectivity index (χ4v) is 2.31. The third-order valence-corrected chi connectivity index (χ3v) is 3.38. The molecule has 0 aliphatic carbocycles. The fourth-order valence-electron chi connectivity index (χ4n) is 2.31. The topological polar surface area (TPSA) is 41.1 Å². The van der Waals surface area contributed by atoms with Crippen molar-refractivity contribution in [1.82, 2.24) is 10.6 Å². The molecule has 1 aliphatic heterocycles. The Morgan fingerprint density at radius 3 is 2.74 bits per heavy atom. The molecule has 1 aliphatic rings. The normalized spacial score (nSPS) is 18.5. The van der Waals surface area contributed by atoms with Gasteiger partial charge < -0.3 is 10.6 Å². The highest BCUT2D eigenvalue weighted by molar-refractivity contribution is 5.78. The SMILES string of the molecule is O=C(Cc1c(F)cccc1F)NCC[C@H]1CCCN1. The molecule has 2 rings (SSSR count). The van der Waals surface area contributed by atoms with Crippen LogP contribution in [0.5, 0.6) is 0 Å². The molecule has 2 N–H and O–H groups in total. The summed E-state index contributed by atoms with van der Waals surface area (Å²) in [5.41, 5.74) is -0.168. The van der Waals surface area contributed by atoms with Crippen molar-refractivity contribution in [3.8, 4) is 0 Å². The van der Waals surface area contributed by atoms with Crippen molar-refractivity contribution in [2.24, 2.45) is 0 Å². The van der Waals surface area contributed by atoms with Gasteiger partial charge in [0.2, 0.25) is 5.91 Å². The maximum Gasteiger partial charge on any atom is 0.224 e. The average molecular weight is 268 g/mol. The number of rotatable bonds is 5. The molecule has 1 aromatic rings. The van der Waals surface area contributed by atoms with Gasteiger partial charge in [0, 0.05) is 18.2 Å². The summed E-state index contributed by atoms with van der Waals surface area (Å²) < 4.78 is 26.7. The van der Waals surface area contributed by atoms with Crippen LogP contribution in [0.1, 0.15) is 24.8 Å². The molecule has 19 heavy (non-hydrogen) atoms. The van der Waals surface area contributed by atoms with E-state index in [9.17, 15) is 13.6 Å². The monoisotopic (exact) mass is 268 g/mol. The number of hydrogen-bond acceptors (Lipinski definition) is 2. The molecule has 1 atom stereocenters. The summed E-state index contributed by atoms with van der Waals surface area (Å²) in [4.78, 5) is 11.6. The number of hydrogen-bond donors (Lipinski definition) is 2. The van der Waals surface area contributed by atoms with Gasteiger partial charge in [-0.1, -0.05) is 6.07 Å². The Kier molecular flexibility index (Phi) is 4.85. The molecule has 3 nitrogen and oxygen atoms in total. The molecular weight excluding hydrogens is 250 g/mol. The highest BCUT2D eigenvalue weighted by Gasteiger charge is 2.15. The van der Waals surface area contributed by atoms with E-state index in [0.29, 0.717) is 12.6 Å². The Hall–Kier alpha value is -1.49. The van der Waals surface area contributed by atoms with Gasteiger partial charge in [0.15, 0.2) is 0 Å². The zero-order valence-corrected chi connectivity index (χ0v) is 10.7. The Morgan fingerprint density at radius 1 is 1.37 bits per heavy atom. The molecule has 0 spiro atoms. The zero-order valence-electron chi connectivity index (χ0n) is 10.7. The second kappa shape index (κ2) is 6.61. The first-order valence-electron chi connectivity index (χ1n) is 6.60. The minimum Gasteiger partial charge on any atom is -0.356 e. The van der Waals surface area contributed by atoms with E-state index >= 15 is 0 Å². The Bertz CT molecular complexity index is 425. The molecule has 5 heteroatoms. The molecule has 0 radical (unpaired) electrons. The summed E-state index contributed by atoms with van der Waals surface area (Å²) in [5.74, 6) is -1.69. The van der Waals surface area contributed by atoms with Crippen molar-refractivity contribution < 1.29 is 13.6 Å². The molecule has 0 aromatic heterocycles. The van der Waals surface area contributed by atoms with Crippen LogP contribution in [0, 0.1) is 11.6 Å². The quantitative estimate of drug-likeness (QED) is 0.854. The smallest absolute Gasteiger partial charge is 0.224 e. The van der Waals surface area contributed by atoms with Crippen LogP contribution in [-0.2, 0) is 11.2 Å². The van der Waals surface area contributed by atoms with E-state index in [4.69, 9.17) is 0 Å². The number of benzene rings is 1. The first-order valence-corrected chi connectivity index (χ1v) is 6.60. The van der Waals surface area contributed by atoms with Crippen LogP contribution in [0.2, 0.25) is 0 Å². The average Bonchev–Trinajstić information content (AvgIpc) is 2.87. The minimum atomic E-state index is -0.674. The zero-order chi connectivity index (χ0) is 13.7. The van der Waals surface area contributed by atoms with Gasteiger partial charge in [-0.3, -0.25) is 4.79 Å². The summed E-state index contributed by atoms with van der Waals surface area (Å²) in [7, 11) is 0. The van der Waals surface area contributed by atoms with E-state index in [-0.39, 0.29) is 17.9 Å². The van der Waals surface area contributed by atoms with Gasteiger partial charge in [-0.15, -0.1) is 0 Å². The van der Waals surface area contributed by atoms with E-state index in [2.05, 4.69) is 10.6 Å². The molecule has 1 amide bonds. The van der Waals surface area contributed by atoms with Crippen LogP contribution in [0.4, 0.5) is 8.78 Å². The number of nitrogens with one attached hydrogen (secondary N) is 2. The van der Waals surface area contributed by atoms with Crippen molar-refractivity contribution in [2.75, 3.05) is 13.1 Å². The standard InChI is InChI=1S/C14H18F2N2O/c15-12-4-1-5-13(16)11(12)9-14(19)18-8-6-10-3-2-7-17-10/h1,4-5,10,17H,2-3,6-9H2,(H,18,19)/t10-/m1/s1. The second-order valence-electron chi connectivity index (χ2n) is 4.81. The lowest BCUT2D eigenvalue weighted by Gasteiger charge is -2.11. The summed E-state index contributed by atoms with van der Waals surface area (Å²) in [6, 6.07) is 4.06. The lowest BCUT2D eigenvalue weighted by atomic mass is 10.1. The predicted octanol–water partition coefficient (Wildman–Crippen LogP) is 1.77. The van der Waals surface area contributed by atoms with E-state index in [1.807, 2.05) is 0 Å². The van der Waals surface area contributed by atoms with Crippen molar-refractivity contribution in [2.45, 2.75) is 31.7 Å². The number of amides is 1. The molecule has 1 saturated heterocycles. The largest absolute Gasteiger partial charge is 0.356 e. The van der Waals surface area contributed by atoms with Crippen LogP contribution in [0.25, 0.3) is 0 Å². The molecule has 1 heterocycles. The molecule has 0 bridgehead atoms. The number of carbonyl (C=O) groups excluding carboxylic acids is 1. The summed E-state index contributed by atoms with van der Waals surface area (Å²) in [6.07, 6.45) is 2.89. The van der Waals surface area contributed by atoms with E-state index in [0.717, 1.165) is 31.5 Å². The lowest BCUT2D eigenvalue weighted by molar-refractivity contribution is -0.120. The Labute approximate surface area is 111 Å². The van der Waals surface area contributed by atoms with Crippen LogP contribution < -0.4 is 10.6 Å². The van der Waals surface area contributed by atoms with Gasteiger partial charge in [0.05, 0.1) is 6.42 Å². The lowest BCUT2D eigenvalue weighted by Crippen LogP contribution is -2.31. The highest BCUT2D eigenvalue weighted by Crippen LogP contribution is 2.12. The summed E-state index contributed by atoms with van der Waals surface area (Å²) >= 11 is 0. The molecule has 104 valence electrons. The van der Waals surface area contributed by atoms with Crippen LogP contribution in [-0.4, -0.2) is 25.0 Å². The molecule has 1 aromatic carbocycles. The summed E-state index contributed by atoms with van der Waals surface area (Å²) in [5, 5.41) is 6.03. The van der Waals surface area contributed by atoms with Crippen LogP contribution >= 0.6 is 0 Å². The van der Waals surface area contributed by atoms with E-state index < -0.39 is 11.6 Å². The van der Waals surface area contributed by atoms with E-state index in [1.54, 1.807) is 0 Å². The Morgan fingerprint density at radius 2 is 2.11 bits per heavy atom. The van der Waals surface area contributed by atoms with E-state index in [1.165, 1.54) is 12.5 Å². The molecule has 0 unspecified atom stereocenters. The maximum absolute atomic E-state index is 13.3. The predicted molar refractivity (Wildman–Crippen MR) is 68.7 cm³/mol. The van der Waals surface area contributed by atoms with Gasteiger partial charge >= 0.3 is 0 Å². The highest BCUT2D eigenvalue weighted by atomic mass is 19.1. The van der Waals surface area contributed by atoms with Gasteiger partial charge in [0.25, 0.3) is 0 Å². The first kappa shape index (κ1) is 13.9. The first-order chi connectivity index (χ1) is 9.16. The second-order valence-corrected chi connectivity index (χ2v) is 4.81. The number of carbonyl (C=O) groups is 1. The number of halogens is 2. The third-order valence-electron chi connectivity index (χ3n) is 3.38. The van der Waals surface area contributed by atoms with Gasteiger partial charge in [-0.25, -0.2) is 8.78 Å². The van der Waals surface area contributed by atoms with Crippen molar-refractivity contribution in [1.29, 1.82) is 0 Å². The van der Waals surface area contributed by atoms with Crippen LogP contribution in [0.3, 0.4) is 0 Å². The van der Waals surface area contributed by atoms with Gasteiger partial charge in [-0.2, -0.15) is 0 Å². The Balaban J connectivity index is 1.77. The van der Waals surface area contributed by atoms with Crippen molar-refractivity contribution in [3.63, 3.8) is 0 Å².